The summed E-state index contributed by atoms with van der Waals surface area (Å²) in [6.07, 6.45) is 9.09. The van der Waals surface area contributed by atoms with Crippen LogP contribution in [0.5, 0.6) is 0 Å². The Balaban J connectivity index is 1.84. The fourth-order valence-corrected chi connectivity index (χ4v) is 3.52. The molecule has 1 aliphatic rings. The molecule has 1 saturated carbocycles. The molecule has 1 nitrogen and oxygen atoms in total. The maximum Gasteiger partial charge on any atom is 0.162 e. The fraction of sp³-hybridized carbons (Fsp3) is 0.667. The average Bonchev–Trinajstić information content (AvgIpc) is 2.50. The highest BCUT2D eigenvalue weighted by Gasteiger charge is 2.26. The van der Waals surface area contributed by atoms with Gasteiger partial charge in [0.15, 0.2) is 11.6 Å². The minimum absolute atomic E-state index is 0.0616. The molecule has 0 aromatic heterocycles. The van der Waals surface area contributed by atoms with E-state index in [0.717, 1.165) is 24.8 Å². The third-order valence-corrected chi connectivity index (χ3v) is 4.95. The van der Waals surface area contributed by atoms with Gasteiger partial charge in [0.25, 0.3) is 0 Å². The van der Waals surface area contributed by atoms with Gasteiger partial charge in [0.2, 0.25) is 0 Å². The largest absolute Gasteiger partial charge is 0.327 e. The maximum absolute atomic E-state index is 13.7. The molecule has 0 amide bonds. The molecule has 21 heavy (non-hydrogen) atoms. The predicted molar refractivity (Wildman–Crippen MR) is 83.0 cm³/mol. The molecule has 1 unspecified atom stereocenters. The smallest absolute Gasteiger partial charge is 0.162 e. The number of halogens is 2. The second-order valence-electron chi connectivity index (χ2n) is 6.50. The van der Waals surface area contributed by atoms with Gasteiger partial charge in [0, 0.05) is 6.04 Å². The van der Waals surface area contributed by atoms with Crippen LogP contribution < -0.4 is 5.73 Å². The zero-order valence-electron chi connectivity index (χ0n) is 13.0. The van der Waals surface area contributed by atoms with Gasteiger partial charge in [-0.05, 0) is 42.7 Å². The molecule has 1 aliphatic carbocycles. The first kappa shape index (κ1) is 16.4. The molecule has 0 saturated heterocycles. The van der Waals surface area contributed by atoms with E-state index in [-0.39, 0.29) is 6.04 Å². The van der Waals surface area contributed by atoms with Crippen LogP contribution >= 0.6 is 0 Å². The molecule has 0 heterocycles. The van der Waals surface area contributed by atoms with Crippen molar-refractivity contribution < 1.29 is 8.78 Å². The first-order valence-corrected chi connectivity index (χ1v) is 8.30. The zero-order valence-corrected chi connectivity index (χ0v) is 13.0. The van der Waals surface area contributed by atoms with Crippen LogP contribution in [0.3, 0.4) is 0 Å². The van der Waals surface area contributed by atoms with Crippen LogP contribution in [0.1, 0.15) is 57.4 Å². The van der Waals surface area contributed by atoms with E-state index in [1.165, 1.54) is 32.1 Å². The molecule has 1 atom stereocenters. The summed E-state index contributed by atoms with van der Waals surface area (Å²) in [5.41, 5.74) is 6.67. The first-order chi connectivity index (χ1) is 10.1. The van der Waals surface area contributed by atoms with Crippen molar-refractivity contribution in [1.82, 2.24) is 0 Å². The Kier molecular flexibility index (Phi) is 6.16. The van der Waals surface area contributed by atoms with Gasteiger partial charge in [-0.25, -0.2) is 8.78 Å². The van der Waals surface area contributed by atoms with Crippen LogP contribution in [0.15, 0.2) is 18.2 Å². The molecule has 118 valence electrons. The van der Waals surface area contributed by atoms with Gasteiger partial charge >= 0.3 is 0 Å². The van der Waals surface area contributed by atoms with Crippen molar-refractivity contribution in [3.8, 4) is 0 Å². The Morgan fingerprint density at radius 1 is 1.19 bits per heavy atom. The Morgan fingerprint density at radius 3 is 2.57 bits per heavy atom. The molecule has 3 heteroatoms. The second kappa shape index (κ2) is 7.88. The van der Waals surface area contributed by atoms with E-state index >= 15 is 0 Å². The third kappa shape index (κ3) is 4.50. The van der Waals surface area contributed by atoms with Gasteiger partial charge in [0.1, 0.15) is 0 Å². The highest BCUT2D eigenvalue weighted by atomic mass is 19.2. The van der Waals surface area contributed by atoms with Crippen molar-refractivity contribution in [2.45, 2.75) is 64.3 Å². The van der Waals surface area contributed by atoms with Gasteiger partial charge in [0.05, 0.1) is 0 Å². The summed E-state index contributed by atoms with van der Waals surface area (Å²) in [5, 5.41) is 0. The molecule has 0 radical (unpaired) electrons. The van der Waals surface area contributed by atoms with E-state index in [2.05, 4.69) is 6.92 Å². The summed E-state index contributed by atoms with van der Waals surface area (Å²) in [6, 6.07) is 4.30. The summed E-state index contributed by atoms with van der Waals surface area (Å²) in [5.74, 6) is -0.211. The summed E-state index contributed by atoms with van der Waals surface area (Å²) in [4.78, 5) is 0. The molecule has 0 aliphatic heterocycles. The van der Waals surface area contributed by atoms with Gasteiger partial charge in [-0.15, -0.1) is 0 Å². The van der Waals surface area contributed by atoms with Gasteiger partial charge in [-0.2, -0.15) is 0 Å². The molecule has 1 aromatic rings. The van der Waals surface area contributed by atoms with Crippen LogP contribution in [-0.2, 0) is 6.42 Å². The topological polar surface area (TPSA) is 26.0 Å². The minimum atomic E-state index is -0.775. The third-order valence-electron chi connectivity index (χ3n) is 4.95. The predicted octanol–water partition coefficient (Wildman–Crippen LogP) is 4.83. The minimum Gasteiger partial charge on any atom is -0.327 e. The number of unbranched alkanes of at least 4 members (excludes halogenated alkanes) is 1. The fourth-order valence-electron chi connectivity index (χ4n) is 3.52. The maximum atomic E-state index is 13.7. The number of benzene rings is 1. The number of nitrogens with two attached hydrogens (primary N) is 1. The SMILES string of the molecule is CCCCC1CCC(C(N)Cc2cccc(F)c2F)CC1. The quantitative estimate of drug-likeness (QED) is 0.799. The monoisotopic (exact) mass is 295 g/mol. The Morgan fingerprint density at radius 2 is 1.90 bits per heavy atom. The zero-order chi connectivity index (χ0) is 15.2. The normalized spacial score (nSPS) is 24.0. The van der Waals surface area contributed by atoms with Crippen LogP contribution in [0.4, 0.5) is 8.78 Å². The first-order valence-electron chi connectivity index (χ1n) is 8.30. The highest BCUT2D eigenvalue weighted by Crippen LogP contribution is 2.34. The lowest BCUT2D eigenvalue weighted by molar-refractivity contribution is 0.230. The molecule has 2 rings (SSSR count). The van der Waals surface area contributed by atoms with Crippen molar-refractivity contribution in [2.75, 3.05) is 0 Å². The molecule has 1 aromatic carbocycles. The van der Waals surface area contributed by atoms with E-state index in [1.54, 1.807) is 12.1 Å². The van der Waals surface area contributed by atoms with Crippen molar-refractivity contribution in [2.24, 2.45) is 17.6 Å². The van der Waals surface area contributed by atoms with Gasteiger partial charge < -0.3 is 5.73 Å². The van der Waals surface area contributed by atoms with Gasteiger partial charge in [-0.3, -0.25) is 0 Å². The summed E-state index contributed by atoms with van der Waals surface area (Å²) < 4.78 is 26.9. The van der Waals surface area contributed by atoms with Crippen LogP contribution in [0, 0.1) is 23.5 Å². The summed E-state index contributed by atoms with van der Waals surface area (Å²) in [6.45, 7) is 2.23. The lowest BCUT2D eigenvalue weighted by Crippen LogP contribution is -2.35. The molecular weight excluding hydrogens is 268 g/mol. The average molecular weight is 295 g/mol. The van der Waals surface area contributed by atoms with Crippen LogP contribution in [0.25, 0.3) is 0 Å². The number of rotatable bonds is 6. The van der Waals surface area contributed by atoms with E-state index < -0.39 is 11.6 Å². The molecular formula is C18H27F2N. The Hall–Kier alpha value is -0.960. The lowest BCUT2D eigenvalue weighted by Gasteiger charge is -2.32. The molecule has 2 N–H and O–H groups in total. The Bertz CT molecular complexity index is 439. The van der Waals surface area contributed by atoms with Crippen LogP contribution in [-0.4, -0.2) is 6.04 Å². The van der Waals surface area contributed by atoms with E-state index in [0.29, 0.717) is 17.9 Å². The lowest BCUT2D eigenvalue weighted by atomic mass is 9.76. The van der Waals surface area contributed by atoms with Gasteiger partial charge in [-0.1, -0.05) is 51.2 Å². The number of hydrogen-bond acceptors (Lipinski definition) is 1. The van der Waals surface area contributed by atoms with E-state index in [4.69, 9.17) is 5.73 Å². The van der Waals surface area contributed by atoms with Crippen LogP contribution in [0.2, 0.25) is 0 Å². The van der Waals surface area contributed by atoms with Crippen molar-refractivity contribution in [3.63, 3.8) is 0 Å². The Labute approximate surface area is 126 Å². The van der Waals surface area contributed by atoms with Crippen molar-refractivity contribution in [1.29, 1.82) is 0 Å². The van der Waals surface area contributed by atoms with Crippen molar-refractivity contribution >= 4 is 0 Å². The van der Waals surface area contributed by atoms with E-state index in [9.17, 15) is 8.78 Å². The molecule has 0 spiro atoms. The standard InChI is InChI=1S/C18H27F2N/c1-2-3-5-13-8-10-14(11-9-13)17(21)12-15-6-4-7-16(19)18(15)20/h4,6-7,13-14,17H,2-3,5,8-12,21H2,1H3. The van der Waals surface area contributed by atoms with Crippen molar-refractivity contribution in [3.05, 3.63) is 35.4 Å². The number of hydrogen-bond donors (Lipinski definition) is 1. The second-order valence-corrected chi connectivity index (χ2v) is 6.50. The summed E-state index contributed by atoms with van der Waals surface area (Å²) in [7, 11) is 0. The van der Waals surface area contributed by atoms with E-state index in [1.807, 2.05) is 0 Å². The molecule has 0 bridgehead atoms. The highest BCUT2D eigenvalue weighted by molar-refractivity contribution is 5.20. The molecule has 1 fully saturated rings. The summed E-state index contributed by atoms with van der Waals surface area (Å²) >= 11 is 0.